The minimum Gasteiger partial charge on any atom is -0.295 e. The van der Waals surface area contributed by atoms with Crippen molar-refractivity contribution in [1.29, 1.82) is 0 Å². The first kappa shape index (κ1) is 10.5. The molecular formula is C10H8BrClO. The molecule has 68 valence electrons. The second-order valence-corrected chi connectivity index (χ2v) is 3.91. The number of halogens is 2. The van der Waals surface area contributed by atoms with Crippen molar-refractivity contribution in [2.75, 3.05) is 0 Å². The molecule has 0 aliphatic rings. The molecule has 0 heterocycles. The summed E-state index contributed by atoms with van der Waals surface area (Å²) in [6.45, 7) is 3.40. The maximum atomic E-state index is 11.0. The molecule has 1 aromatic carbocycles. The zero-order valence-corrected chi connectivity index (χ0v) is 9.23. The second-order valence-electron chi connectivity index (χ2n) is 2.58. The predicted molar refractivity (Wildman–Crippen MR) is 58.1 cm³/mol. The van der Waals surface area contributed by atoms with Crippen molar-refractivity contribution in [3.63, 3.8) is 0 Å². The van der Waals surface area contributed by atoms with Crippen LogP contribution in [0.1, 0.15) is 5.56 Å². The Morgan fingerprint density at radius 2 is 2.31 bits per heavy atom. The minimum absolute atomic E-state index is 0.0239. The van der Waals surface area contributed by atoms with Crippen LogP contribution in [0.3, 0.4) is 0 Å². The molecule has 1 rings (SSSR count). The lowest BCUT2D eigenvalue weighted by atomic mass is 10.1. The van der Waals surface area contributed by atoms with Crippen LogP contribution in [0.5, 0.6) is 0 Å². The van der Waals surface area contributed by atoms with Gasteiger partial charge in [-0.1, -0.05) is 40.2 Å². The van der Waals surface area contributed by atoms with E-state index in [1.165, 1.54) is 6.08 Å². The Kier molecular flexibility index (Phi) is 3.70. The van der Waals surface area contributed by atoms with E-state index in [0.717, 1.165) is 10.0 Å². The van der Waals surface area contributed by atoms with Crippen LogP contribution in [0.4, 0.5) is 0 Å². The third-order valence-corrected chi connectivity index (χ3v) is 2.45. The summed E-state index contributed by atoms with van der Waals surface area (Å²) in [4.78, 5) is 11.0. The summed E-state index contributed by atoms with van der Waals surface area (Å²) in [5, 5.41) is 0.601. The number of hydrogen-bond donors (Lipinski definition) is 0. The van der Waals surface area contributed by atoms with Crippen LogP contribution in [0.25, 0.3) is 0 Å². The van der Waals surface area contributed by atoms with Crippen LogP contribution < -0.4 is 0 Å². The zero-order valence-electron chi connectivity index (χ0n) is 6.89. The Bertz CT molecular complexity index is 347. The van der Waals surface area contributed by atoms with Gasteiger partial charge in [0.15, 0.2) is 5.78 Å². The lowest BCUT2D eigenvalue weighted by molar-refractivity contribution is -0.114. The molecule has 3 heteroatoms. The zero-order chi connectivity index (χ0) is 9.84. The van der Waals surface area contributed by atoms with Gasteiger partial charge in [0.05, 0.1) is 0 Å². The molecule has 1 nitrogen and oxygen atoms in total. The summed E-state index contributed by atoms with van der Waals surface area (Å²) in [7, 11) is 0. The van der Waals surface area contributed by atoms with Crippen molar-refractivity contribution in [3.8, 4) is 0 Å². The van der Waals surface area contributed by atoms with E-state index in [4.69, 9.17) is 11.6 Å². The number of carbonyl (C=O) groups excluding carboxylic acids is 1. The van der Waals surface area contributed by atoms with Crippen molar-refractivity contribution in [2.45, 2.75) is 6.42 Å². The maximum absolute atomic E-state index is 11.0. The third kappa shape index (κ3) is 2.98. The fraction of sp³-hybridized carbons (Fsp3) is 0.100. The third-order valence-electron chi connectivity index (χ3n) is 1.61. The molecule has 0 unspecified atom stereocenters. The van der Waals surface area contributed by atoms with E-state index in [9.17, 15) is 4.79 Å². The Hall–Kier alpha value is -0.600. The first-order chi connectivity index (χ1) is 6.13. The lowest BCUT2D eigenvalue weighted by Crippen LogP contribution is -1.98. The molecule has 0 aliphatic carbocycles. The van der Waals surface area contributed by atoms with Crippen LogP contribution in [0, 0.1) is 0 Å². The Morgan fingerprint density at radius 1 is 1.62 bits per heavy atom. The largest absolute Gasteiger partial charge is 0.295 e. The topological polar surface area (TPSA) is 17.1 Å². The van der Waals surface area contributed by atoms with Crippen molar-refractivity contribution < 1.29 is 4.79 Å². The molecule has 13 heavy (non-hydrogen) atoms. The number of carbonyl (C=O) groups is 1. The van der Waals surface area contributed by atoms with Crippen molar-refractivity contribution >= 4 is 33.3 Å². The predicted octanol–water partition coefficient (Wildman–Crippen LogP) is 3.40. The highest BCUT2D eigenvalue weighted by Crippen LogP contribution is 2.21. The molecule has 0 saturated carbocycles. The minimum atomic E-state index is -0.0239. The normalized spacial score (nSPS) is 9.69. The fourth-order valence-electron chi connectivity index (χ4n) is 0.925. The molecule has 0 atom stereocenters. The van der Waals surface area contributed by atoms with Gasteiger partial charge in [0, 0.05) is 15.9 Å². The summed E-state index contributed by atoms with van der Waals surface area (Å²) in [6, 6.07) is 5.46. The number of hydrogen-bond acceptors (Lipinski definition) is 1. The molecule has 0 bridgehead atoms. The fourth-order valence-corrected chi connectivity index (χ4v) is 1.67. The molecule has 1 aromatic rings. The van der Waals surface area contributed by atoms with Crippen LogP contribution in [0.15, 0.2) is 35.3 Å². The summed E-state index contributed by atoms with van der Waals surface area (Å²) >= 11 is 9.20. The molecule has 0 amide bonds. The van der Waals surface area contributed by atoms with Gasteiger partial charge in [0.25, 0.3) is 0 Å². The summed E-state index contributed by atoms with van der Waals surface area (Å²) in [5.74, 6) is -0.0239. The van der Waals surface area contributed by atoms with Crippen LogP contribution in [-0.2, 0) is 11.2 Å². The van der Waals surface area contributed by atoms with E-state index in [1.807, 2.05) is 12.1 Å². The standard InChI is InChI=1S/C10H8BrClO/c1-2-9(13)5-7-3-4-8(11)6-10(7)12/h2-4,6H,1,5H2. The van der Waals surface area contributed by atoms with Crippen molar-refractivity contribution in [2.24, 2.45) is 0 Å². The monoisotopic (exact) mass is 258 g/mol. The Balaban J connectivity index is 2.89. The van der Waals surface area contributed by atoms with E-state index >= 15 is 0 Å². The van der Waals surface area contributed by atoms with E-state index in [1.54, 1.807) is 6.07 Å². The van der Waals surface area contributed by atoms with Gasteiger partial charge in [-0.15, -0.1) is 0 Å². The molecule has 0 radical (unpaired) electrons. The molecule has 0 spiro atoms. The number of allylic oxidation sites excluding steroid dienone is 1. The summed E-state index contributed by atoms with van der Waals surface area (Å²) < 4.78 is 0.910. The van der Waals surface area contributed by atoms with Crippen LogP contribution >= 0.6 is 27.5 Å². The van der Waals surface area contributed by atoms with Gasteiger partial charge < -0.3 is 0 Å². The average molecular weight is 260 g/mol. The summed E-state index contributed by atoms with van der Waals surface area (Å²) in [5.41, 5.74) is 0.828. The number of rotatable bonds is 3. The molecular weight excluding hydrogens is 251 g/mol. The van der Waals surface area contributed by atoms with Gasteiger partial charge in [-0.3, -0.25) is 4.79 Å². The highest BCUT2D eigenvalue weighted by atomic mass is 79.9. The Morgan fingerprint density at radius 3 is 2.85 bits per heavy atom. The highest BCUT2D eigenvalue weighted by Gasteiger charge is 2.04. The van der Waals surface area contributed by atoms with Crippen LogP contribution in [-0.4, -0.2) is 5.78 Å². The van der Waals surface area contributed by atoms with Gasteiger partial charge in [-0.2, -0.15) is 0 Å². The maximum Gasteiger partial charge on any atom is 0.159 e. The number of ketones is 1. The molecule has 0 saturated heterocycles. The van der Waals surface area contributed by atoms with E-state index in [-0.39, 0.29) is 5.78 Å². The first-order valence-corrected chi connectivity index (χ1v) is 4.90. The van der Waals surface area contributed by atoms with Gasteiger partial charge >= 0.3 is 0 Å². The average Bonchev–Trinajstić information content (AvgIpc) is 2.09. The highest BCUT2D eigenvalue weighted by molar-refractivity contribution is 9.10. The smallest absolute Gasteiger partial charge is 0.159 e. The first-order valence-electron chi connectivity index (χ1n) is 3.72. The van der Waals surface area contributed by atoms with Gasteiger partial charge in [-0.05, 0) is 23.8 Å². The SMILES string of the molecule is C=CC(=O)Cc1ccc(Br)cc1Cl. The van der Waals surface area contributed by atoms with Gasteiger partial charge in [0.2, 0.25) is 0 Å². The molecule has 0 aliphatic heterocycles. The Labute approximate surface area is 90.5 Å². The van der Waals surface area contributed by atoms with Crippen molar-refractivity contribution in [1.82, 2.24) is 0 Å². The molecule has 0 aromatic heterocycles. The second kappa shape index (κ2) is 4.58. The quantitative estimate of drug-likeness (QED) is 0.761. The van der Waals surface area contributed by atoms with Crippen molar-refractivity contribution in [3.05, 3.63) is 45.9 Å². The summed E-state index contributed by atoms with van der Waals surface area (Å²) in [6.07, 6.45) is 1.62. The van der Waals surface area contributed by atoms with Gasteiger partial charge in [-0.25, -0.2) is 0 Å². The molecule has 0 fully saturated rings. The van der Waals surface area contributed by atoms with E-state index < -0.39 is 0 Å². The van der Waals surface area contributed by atoms with E-state index in [2.05, 4.69) is 22.5 Å². The number of benzene rings is 1. The molecule has 0 N–H and O–H groups in total. The van der Waals surface area contributed by atoms with Crippen LogP contribution in [0.2, 0.25) is 5.02 Å². The lowest BCUT2D eigenvalue weighted by Gasteiger charge is -2.01. The van der Waals surface area contributed by atoms with E-state index in [0.29, 0.717) is 11.4 Å². The van der Waals surface area contributed by atoms with Gasteiger partial charge in [0.1, 0.15) is 0 Å².